The standard InChI is InChI=1S/C42H21F12N3/c1-21-7-11-26-27-12-8-22(39(43,44)45)16-34(27)56(33(26)15-21)38-20-32(55-2)30(25-5-3-4-6-31(25)42(52,53)54)19-37(38)57-35-17-23(40(46,47)48)9-13-28(35)29-14-10-24(18-36(29)57)41(49,50)51/h3-20H,1H3. The smallest absolute Gasteiger partial charge is 0.308 e. The predicted octanol–water partition coefficient (Wildman–Crippen LogP) is 14.5. The lowest BCUT2D eigenvalue weighted by Gasteiger charge is -2.21. The molecule has 57 heavy (non-hydrogen) atoms. The van der Waals surface area contributed by atoms with Crippen LogP contribution in [-0.2, 0) is 24.7 Å². The van der Waals surface area contributed by atoms with E-state index in [1.807, 2.05) is 0 Å². The molecule has 2 heterocycles. The molecule has 0 N–H and O–H groups in total. The summed E-state index contributed by atoms with van der Waals surface area (Å²) < 4.78 is 174. The van der Waals surface area contributed by atoms with Crippen molar-refractivity contribution in [2.24, 2.45) is 0 Å². The molecule has 0 aliphatic heterocycles. The van der Waals surface area contributed by atoms with Gasteiger partial charge in [0.25, 0.3) is 0 Å². The Balaban J connectivity index is 1.64. The van der Waals surface area contributed by atoms with Crippen molar-refractivity contribution in [1.82, 2.24) is 9.13 Å². The molecule has 0 atom stereocenters. The highest BCUT2D eigenvalue weighted by Crippen LogP contribution is 2.47. The molecule has 0 bridgehead atoms. The lowest BCUT2D eigenvalue weighted by Crippen LogP contribution is -2.09. The van der Waals surface area contributed by atoms with E-state index < -0.39 is 63.8 Å². The first-order valence-electron chi connectivity index (χ1n) is 16.7. The summed E-state index contributed by atoms with van der Waals surface area (Å²) in [5, 5.41) is 0.719. The quantitative estimate of drug-likeness (QED) is 0.125. The van der Waals surface area contributed by atoms with Crippen LogP contribution in [0.25, 0.3) is 71.0 Å². The maximum Gasteiger partial charge on any atom is 0.416 e. The van der Waals surface area contributed by atoms with Crippen LogP contribution in [0.3, 0.4) is 0 Å². The van der Waals surface area contributed by atoms with E-state index in [2.05, 4.69) is 4.85 Å². The number of hydrogen-bond acceptors (Lipinski definition) is 0. The monoisotopic (exact) mass is 795 g/mol. The van der Waals surface area contributed by atoms with E-state index in [0.29, 0.717) is 23.1 Å². The van der Waals surface area contributed by atoms with Gasteiger partial charge in [-0.1, -0.05) is 48.5 Å². The van der Waals surface area contributed by atoms with E-state index in [0.717, 1.165) is 71.3 Å². The Morgan fingerprint density at radius 1 is 0.439 bits per heavy atom. The fraction of sp³-hybridized carbons (Fsp3) is 0.119. The van der Waals surface area contributed by atoms with Crippen molar-refractivity contribution in [3.63, 3.8) is 0 Å². The summed E-state index contributed by atoms with van der Waals surface area (Å²) >= 11 is 0. The Bertz CT molecular complexity index is 2920. The Morgan fingerprint density at radius 2 is 0.842 bits per heavy atom. The van der Waals surface area contributed by atoms with Crippen LogP contribution in [0.2, 0.25) is 0 Å². The minimum atomic E-state index is -4.98. The van der Waals surface area contributed by atoms with Crippen LogP contribution in [0, 0.1) is 13.5 Å². The van der Waals surface area contributed by atoms with Crippen molar-refractivity contribution in [3.05, 3.63) is 148 Å². The first-order chi connectivity index (χ1) is 26.7. The summed E-state index contributed by atoms with van der Waals surface area (Å²) in [6, 6.07) is 19.0. The van der Waals surface area contributed by atoms with Gasteiger partial charge in [-0.05, 0) is 84.3 Å². The summed E-state index contributed by atoms with van der Waals surface area (Å²) in [7, 11) is 0. The van der Waals surface area contributed by atoms with E-state index in [-0.39, 0.29) is 49.6 Å². The molecule has 288 valence electrons. The van der Waals surface area contributed by atoms with Crippen LogP contribution in [0.4, 0.5) is 58.4 Å². The number of benzene rings is 6. The fourth-order valence-electron chi connectivity index (χ4n) is 7.39. The third-order valence-corrected chi connectivity index (χ3v) is 9.89. The van der Waals surface area contributed by atoms with Gasteiger partial charge in [-0.15, -0.1) is 0 Å². The zero-order chi connectivity index (χ0) is 41.0. The van der Waals surface area contributed by atoms with Crippen molar-refractivity contribution in [2.45, 2.75) is 31.6 Å². The average molecular weight is 796 g/mol. The van der Waals surface area contributed by atoms with E-state index in [4.69, 9.17) is 6.57 Å². The molecule has 0 saturated carbocycles. The van der Waals surface area contributed by atoms with Gasteiger partial charge in [-0.3, -0.25) is 0 Å². The van der Waals surface area contributed by atoms with Crippen LogP contribution in [0.1, 0.15) is 27.8 Å². The lowest BCUT2D eigenvalue weighted by atomic mass is 9.96. The molecular weight excluding hydrogens is 774 g/mol. The topological polar surface area (TPSA) is 14.2 Å². The second-order valence-corrected chi connectivity index (χ2v) is 13.4. The van der Waals surface area contributed by atoms with Crippen LogP contribution in [-0.4, -0.2) is 9.13 Å². The highest BCUT2D eigenvalue weighted by atomic mass is 19.4. The van der Waals surface area contributed by atoms with E-state index in [1.54, 1.807) is 25.1 Å². The molecule has 0 amide bonds. The minimum Gasteiger partial charge on any atom is -0.308 e. The number of fused-ring (bicyclic) bond motifs is 6. The van der Waals surface area contributed by atoms with Gasteiger partial charge in [0, 0.05) is 21.5 Å². The molecule has 0 aliphatic carbocycles. The molecule has 3 nitrogen and oxygen atoms in total. The Labute approximate surface area is 313 Å². The summed E-state index contributed by atoms with van der Waals surface area (Å²) in [5.74, 6) is 0. The molecule has 0 radical (unpaired) electrons. The van der Waals surface area contributed by atoms with Crippen molar-refractivity contribution < 1.29 is 52.7 Å². The summed E-state index contributed by atoms with van der Waals surface area (Å²) in [5.41, 5.74) is -6.53. The number of nitrogens with zero attached hydrogens (tertiary/aromatic N) is 3. The van der Waals surface area contributed by atoms with Gasteiger partial charge in [-0.2, -0.15) is 52.7 Å². The summed E-state index contributed by atoms with van der Waals surface area (Å²) in [6.45, 7) is 9.76. The largest absolute Gasteiger partial charge is 0.416 e. The molecule has 2 aromatic heterocycles. The minimum absolute atomic E-state index is 0.0293. The van der Waals surface area contributed by atoms with Crippen LogP contribution < -0.4 is 0 Å². The third kappa shape index (κ3) is 6.19. The van der Waals surface area contributed by atoms with Gasteiger partial charge < -0.3 is 9.13 Å². The lowest BCUT2D eigenvalue weighted by molar-refractivity contribution is -0.138. The Morgan fingerprint density at radius 3 is 1.26 bits per heavy atom. The van der Waals surface area contributed by atoms with Gasteiger partial charge in [0.15, 0.2) is 5.69 Å². The molecule has 0 aliphatic rings. The zero-order valence-corrected chi connectivity index (χ0v) is 28.8. The molecule has 0 spiro atoms. The molecule has 8 aromatic rings. The first-order valence-corrected chi connectivity index (χ1v) is 16.7. The predicted molar refractivity (Wildman–Crippen MR) is 192 cm³/mol. The summed E-state index contributed by atoms with van der Waals surface area (Å²) in [6.07, 6.45) is -19.8. The average Bonchev–Trinajstić information content (AvgIpc) is 3.63. The van der Waals surface area contributed by atoms with Crippen molar-refractivity contribution in [3.8, 4) is 22.5 Å². The SMILES string of the molecule is [C-]#[N+]c1cc(-n2c3cc(C)ccc3c3ccc(C(F)(F)F)cc32)c(-n2c3cc(C(F)(F)F)ccc3c3ccc(C(F)(F)F)cc32)cc1-c1ccccc1C(F)(F)F. The van der Waals surface area contributed by atoms with Crippen molar-refractivity contribution in [2.75, 3.05) is 0 Å². The molecular formula is C42H21F12N3. The molecule has 15 heteroatoms. The van der Waals surface area contributed by atoms with E-state index >= 15 is 0 Å². The molecule has 0 fully saturated rings. The Hall–Kier alpha value is -6.43. The van der Waals surface area contributed by atoms with Crippen molar-refractivity contribution in [1.29, 1.82) is 0 Å². The third-order valence-electron chi connectivity index (χ3n) is 9.89. The Kier molecular flexibility index (Phi) is 8.25. The second kappa shape index (κ2) is 12.5. The molecule has 6 aromatic carbocycles. The molecule has 0 unspecified atom stereocenters. The zero-order valence-electron chi connectivity index (χ0n) is 28.8. The number of hydrogen-bond donors (Lipinski definition) is 0. The van der Waals surface area contributed by atoms with E-state index in [1.165, 1.54) is 16.7 Å². The number of halogens is 12. The highest BCUT2D eigenvalue weighted by molar-refractivity contribution is 6.12. The van der Waals surface area contributed by atoms with Crippen LogP contribution >= 0.6 is 0 Å². The van der Waals surface area contributed by atoms with Gasteiger partial charge in [-0.25, -0.2) is 4.85 Å². The first kappa shape index (κ1) is 37.5. The van der Waals surface area contributed by atoms with Gasteiger partial charge in [0.05, 0.1) is 62.3 Å². The van der Waals surface area contributed by atoms with Gasteiger partial charge >= 0.3 is 24.7 Å². The van der Waals surface area contributed by atoms with E-state index in [9.17, 15) is 52.7 Å². The summed E-state index contributed by atoms with van der Waals surface area (Å²) in [4.78, 5) is 3.50. The maximum absolute atomic E-state index is 14.5. The second-order valence-electron chi connectivity index (χ2n) is 13.4. The molecule has 8 rings (SSSR count). The number of aromatic nitrogens is 2. The van der Waals surface area contributed by atoms with Crippen LogP contribution in [0.5, 0.6) is 0 Å². The van der Waals surface area contributed by atoms with Crippen LogP contribution in [0.15, 0.2) is 109 Å². The normalized spacial score (nSPS) is 13.0. The number of rotatable bonds is 3. The highest BCUT2D eigenvalue weighted by Gasteiger charge is 2.37. The van der Waals surface area contributed by atoms with Crippen molar-refractivity contribution >= 4 is 49.3 Å². The molecule has 0 saturated heterocycles. The number of alkyl halides is 12. The fourth-order valence-corrected chi connectivity index (χ4v) is 7.39. The number of aryl methyl sites for hydroxylation is 1. The van der Waals surface area contributed by atoms with Gasteiger partial charge in [0.2, 0.25) is 0 Å². The van der Waals surface area contributed by atoms with Gasteiger partial charge in [0.1, 0.15) is 0 Å². The maximum atomic E-state index is 14.5.